The standard InChI is InChI=1S/C21H29N5O8/c1-2-3-8-22-21(34)25-14-6-4-13(5-7-14)9-16(27)26-15(10-18(29)30)20(33)24-11-17(28)23-12-19(31)32/h4-7,15H,2-3,8-12H2,1H3,(H,23,28)(H,24,33)(H,26,27)(H,29,30)(H,31,32)(H2,22,25,34)/t15-/m0/s1. The highest BCUT2D eigenvalue weighted by atomic mass is 16.4. The molecule has 13 nitrogen and oxygen atoms in total. The summed E-state index contributed by atoms with van der Waals surface area (Å²) in [7, 11) is 0. The summed E-state index contributed by atoms with van der Waals surface area (Å²) >= 11 is 0. The molecule has 0 unspecified atom stereocenters. The molecular formula is C21H29N5O8. The molecule has 5 amide bonds. The van der Waals surface area contributed by atoms with Gasteiger partial charge >= 0.3 is 18.0 Å². The quantitative estimate of drug-likeness (QED) is 0.172. The lowest BCUT2D eigenvalue weighted by atomic mass is 10.1. The van der Waals surface area contributed by atoms with Crippen LogP contribution in [0.3, 0.4) is 0 Å². The van der Waals surface area contributed by atoms with Crippen molar-refractivity contribution in [2.24, 2.45) is 0 Å². The fraction of sp³-hybridized carbons (Fsp3) is 0.429. The number of urea groups is 1. The number of nitrogens with one attached hydrogen (secondary N) is 5. The van der Waals surface area contributed by atoms with Crippen LogP contribution in [0.5, 0.6) is 0 Å². The predicted octanol–water partition coefficient (Wildman–Crippen LogP) is -0.573. The van der Waals surface area contributed by atoms with E-state index in [1.807, 2.05) is 12.2 Å². The maximum Gasteiger partial charge on any atom is 0.322 e. The second-order valence-corrected chi connectivity index (χ2v) is 7.21. The molecule has 0 spiro atoms. The Morgan fingerprint density at radius 2 is 1.53 bits per heavy atom. The third-order valence-electron chi connectivity index (χ3n) is 4.28. The topological polar surface area (TPSA) is 203 Å². The van der Waals surface area contributed by atoms with Crippen LogP contribution in [0.2, 0.25) is 0 Å². The number of carboxylic acids is 2. The minimum absolute atomic E-state index is 0.161. The lowest BCUT2D eigenvalue weighted by molar-refractivity contribution is -0.141. The van der Waals surface area contributed by atoms with Crippen molar-refractivity contribution in [3.63, 3.8) is 0 Å². The summed E-state index contributed by atoms with van der Waals surface area (Å²) in [6, 6.07) is 4.60. The number of carbonyl (C=O) groups excluding carboxylic acids is 4. The molecule has 0 heterocycles. The largest absolute Gasteiger partial charge is 0.481 e. The van der Waals surface area contributed by atoms with Gasteiger partial charge in [-0.25, -0.2) is 4.79 Å². The monoisotopic (exact) mass is 479 g/mol. The maximum atomic E-state index is 12.3. The first-order chi connectivity index (χ1) is 16.1. The summed E-state index contributed by atoms with van der Waals surface area (Å²) in [6.07, 6.45) is 0.935. The Hall–Kier alpha value is -4.16. The lowest BCUT2D eigenvalue weighted by Gasteiger charge is -2.17. The summed E-state index contributed by atoms with van der Waals surface area (Å²) < 4.78 is 0. The highest BCUT2D eigenvalue weighted by Crippen LogP contribution is 2.10. The summed E-state index contributed by atoms with van der Waals surface area (Å²) in [4.78, 5) is 69.3. The molecule has 7 N–H and O–H groups in total. The normalized spacial score (nSPS) is 11.0. The number of anilines is 1. The van der Waals surface area contributed by atoms with E-state index >= 15 is 0 Å². The van der Waals surface area contributed by atoms with Gasteiger partial charge in [0.15, 0.2) is 0 Å². The molecule has 34 heavy (non-hydrogen) atoms. The maximum absolute atomic E-state index is 12.3. The first-order valence-electron chi connectivity index (χ1n) is 10.5. The number of amides is 5. The van der Waals surface area contributed by atoms with Gasteiger partial charge in [0.25, 0.3) is 0 Å². The fourth-order valence-corrected chi connectivity index (χ4v) is 2.60. The number of carbonyl (C=O) groups is 6. The van der Waals surface area contributed by atoms with Gasteiger partial charge in [-0.3, -0.25) is 24.0 Å². The van der Waals surface area contributed by atoms with Gasteiger partial charge in [0.1, 0.15) is 12.6 Å². The molecule has 0 aliphatic rings. The number of rotatable bonds is 14. The zero-order valence-corrected chi connectivity index (χ0v) is 18.7. The van der Waals surface area contributed by atoms with Gasteiger partial charge in [-0.15, -0.1) is 0 Å². The van der Waals surface area contributed by atoms with E-state index in [1.165, 1.54) is 0 Å². The van der Waals surface area contributed by atoms with Gasteiger partial charge in [-0.2, -0.15) is 0 Å². The number of unbranched alkanes of at least 4 members (excludes halogenated alkanes) is 1. The Morgan fingerprint density at radius 3 is 2.12 bits per heavy atom. The third kappa shape index (κ3) is 12.0. The molecule has 0 aliphatic heterocycles. The number of carboxylic acid groups (broad SMARTS) is 2. The molecule has 186 valence electrons. The van der Waals surface area contributed by atoms with Gasteiger partial charge in [0.2, 0.25) is 17.7 Å². The van der Waals surface area contributed by atoms with Crippen LogP contribution in [0.15, 0.2) is 24.3 Å². The minimum atomic E-state index is -1.44. The van der Waals surface area contributed by atoms with Crippen LogP contribution >= 0.6 is 0 Å². The van der Waals surface area contributed by atoms with Crippen LogP contribution < -0.4 is 26.6 Å². The highest BCUT2D eigenvalue weighted by Gasteiger charge is 2.24. The Balaban J connectivity index is 2.59. The molecule has 0 saturated carbocycles. The molecule has 0 fully saturated rings. The number of hydrogen-bond acceptors (Lipinski definition) is 6. The zero-order valence-electron chi connectivity index (χ0n) is 18.7. The lowest BCUT2D eigenvalue weighted by Crippen LogP contribution is -2.50. The van der Waals surface area contributed by atoms with E-state index in [0.29, 0.717) is 17.8 Å². The first-order valence-corrected chi connectivity index (χ1v) is 10.5. The molecule has 1 aromatic rings. The summed E-state index contributed by atoms with van der Waals surface area (Å²) in [5, 5.41) is 29.4. The van der Waals surface area contributed by atoms with Crippen LogP contribution in [0.1, 0.15) is 31.7 Å². The molecule has 0 radical (unpaired) electrons. The van der Waals surface area contributed by atoms with Gasteiger partial charge < -0.3 is 36.8 Å². The van der Waals surface area contributed by atoms with E-state index in [-0.39, 0.29) is 12.5 Å². The number of aliphatic carboxylic acids is 2. The molecule has 1 rings (SSSR count). The van der Waals surface area contributed by atoms with Crippen LogP contribution in [0, 0.1) is 0 Å². The number of hydrogen-bond donors (Lipinski definition) is 7. The third-order valence-corrected chi connectivity index (χ3v) is 4.28. The smallest absolute Gasteiger partial charge is 0.322 e. The molecule has 13 heteroatoms. The van der Waals surface area contributed by atoms with Crippen LogP contribution in [-0.4, -0.2) is 71.6 Å². The van der Waals surface area contributed by atoms with Crippen molar-refractivity contribution in [2.75, 3.05) is 25.0 Å². The Bertz CT molecular complexity index is 888. The Labute approximate surface area is 195 Å². The van der Waals surface area contributed by atoms with Crippen LogP contribution in [0.4, 0.5) is 10.5 Å². The van der Waals surface area contributed by atoms with E-state index in [0.717, 1.165) is 12.8 Å². The van der Waals surface area contributed by atoms with Crippen LogP contribution in [-0.2, 0) is 30.4 Å². The summed E-state index contributed by atoms with van der Waals surface area (Å²) in [5.74, 6) is -4.94. The Morgan fingerprint density at radius 1 is 0.853 bits per heavy atom. The fourth-order valence-electron chi connectivity index (χ4n) is 2.60. The van der Waals surface area contributed by atoms with Crippen molar-refractivity contribution in [3.8, 4) is 0 Å². The SMILES string of the molecule is CCCCNC(=O)Nc1ccc(CC(=O)N[C@@H](CC(=O)O)C(=O)NCC(=O)NCC(=O)O)cc1. The second kappa shape index (κ2) is 14.8. The van der Waals surface area contributed by atoms with E-state index in [1.54, 1.807) is 24.3 Å². The Kier molecular flexibility index (Phi) is 12.1. The minimum Gasteiger partial charge on any atom is -0.481 e. The predicted molar refractivity (Wildman–Crippen MR) is 120 cm³/mol. The van der Waals surface area contributed by atoms with Crippen molar-refractivity contribution >= 4 is 41.4 Å². The van der Waals surface area contributed by atoms with Gasteiger partial charge in [-0.05, 0) is 24.1 Å². The molecule has 0 aromatic heterocycles. The molecule has 0 saturated heterocycles. The molecule has 1 atom stereocenters. The van der Waals surface area contributed by atoms with Crippen molar-refractivity contribution in [3.05, 3.63) is 29.8 Å². The average Bonchev–Trinajstić information content (AvgIpc) is 2.76. The molecule has 0 aliphatic carbocycles. The van der Waals surface area contributed by atoms with Crippen molar-refractivity contribution < 1.29 is 39.0 Å². The van der Waals surface area contributed by atoms with Crippen LogP contribution in [0.25, 0.3) is 0 Å². The zero-order chi connectivity index (χ0) is 25.5. The van der Waals surface area contributed by atoms with E-state index in [4.69, 9.17) is 10.2 Å². The van der Waals surface area contributed by atoms with Gasteiger partial charge in [0, 0.05) is 12.2 Å². The summed E-state index contributed by atoms with van der Waals surface area (Å²) in [5.41, 5.74) is 1.07. The van der Waals surface area contributed by atoms with E-state index in [9.17, 15) is 28.8 Å². The van der Waals surface area contributed by atoms with Gasteiger partial charge in [-0.1, -0.05) is 25.5 Å². The summed E-state index contributed by atoms with van der Waals surface area (Å²) in [6.45, 7) is 1.34. The molecule has 1 aromatic carbocycles. The highest BCUT2D eigenvalue weighted by molar-refractivity contribution is 5.93. The average molecular weight is 479 g/mol. The van der Waals surface area contributed by atoms with E-state index in [2.05, 4.69) is 21.3 Å². The second-order valence-electron chi connectivity index (χ2n) is 7.21. The van der Waals surface area contributed by atoms with E-state index < -0.39 is 55.2 Å². The number of benzene rings is 1. The van der Waals surface area contributed by atoms with Gasteiger partial charge in [0.05, 0.1) is 19.4 Å². The molecule has 0 bridgehead atoms. The van der Waals surface area contributed by atoms with Crippen molar-refractivity contribution in [1.82, 2.24) is 21.3 Å². The molecular weight excluding hydrogens is 450 g/mol. The first kappa shape index (κ1) is 27.9. The van der Waals surface area contributed by atoms with Crippen molar-refractivity contribution in [1.29, 1.82) is 0 Å². The van der Waals surface area contributed by atoms with Crippen molar-refractivity contribution in [2.45, 2.75) is 38.6 Å².